The Balaban J connectivity index is 2.25. The van der Waals surface area contributed by atoms with Crippen LogP contribution in [0.2, 0.25) is 0 Å². The number of ether oxygens (including phenoxy) is 4. The lowest BCUT2D eigenvalue weighted by atomic mass is 9.94. The van der Waals surface area contributed by atoms with Crippen LogP contribution >= 0.6 is 0 Å². The summed E-state index contributed by atoms with van der Waals surface area (Å²) in [4.78, 5) is 24.4. The summed E-state index contributed by atoms with van der Waals surface area (Å²) in [5, 5.41) is 0. The Kier molecular flexibility index (Phi) is 7.49. The van der Waals surface area contributed by atoms with Crippen molar-refractivity contribution in [2.24, 2.45) is 0 Å². The van der Waals surface area contributed by atoms with Gasteiger partial charge >= 0.3 is 12.3 Å². The summed E-state index contributed by atoms with van der Waals surface area (Å²) in [6, 6.07) is 18.7. The molecule has 0 spiro atoms. The van der Waals surface area contributed by atoms with Gasteiger partial charge in [0.05, 0.1) is 13.2 Å². The van der Waals surface area contributed by atoms with Gasteiger partial charge < -0.3 is 18.9 Å². The Morgan fingerprint density at radius 2 is 1.00 bits per heavy atom. The summed E-state index contributed by atoms with van der Waals surface area (Å²) in [5.41, 5.74) is 4.77. The van der Waals surface area contributed by atoms with Crippen LogP contribution in [0.3, 0.4) is 0 Å². The maximum Gasteiger partial charge on any atom is 0.513 e. The summed E-state index contributed by atoms with van der Waals surface area (Å²) >= 11 is 0. The summed E-state index contributed by atoms with van der Waals surface area (Å²) in [6.45, 7) is 7.69. The third kappa shape index (κ3) is 5.27. The summed E-state index contributed by atoms with van der Waals surface area (Å²) in [6.07, 6.45) is -1.62. The minimum absolute atomic E-state index is 0.188. The number of aryl methyl sites for hydroxylation is 2. The molecule has 3 rings (SSSR count). The number of benzene rings is 3. The van der Waals surface area contributed by atoms with E-state index in [4.69, 9.17) is 18.9 Å². The van der Waals surface area contributed by atoms with Crippen molar-refractivity contribution in [1.82, 2.24) is 0 Å². The second kappa shape index (κ2) is 10.5. The first-order valence-corrected chi connectivity index (χ1v) is 10.4. The minimum Gasteiger partial charge on any atom is -0.434 e. The molecule has 0 aliphatic rings. The Morgan fingerprint density at radius 3 is 1.34 bits per heavy atom. The zero-order chi connectivity index (χ0) is 23.1. The molecule has 0 saturated heterocycles. The quantitative estimate of drug-likeness (QED) is 0.317. The van der Waals surface area contributed by atoms with Gasteiger partial charge in [-0.25, -0.2) is 9.59 Å². The molecule has 0 atom stereocenters. The molecule has 0 bridgehead atoms. The smallest absolute Gasteiger partial charge is 0.434 e. The van der Waals surface area contributed by atoms with Crippen LogP contribution in [-0.2, 0) is 9.47 Å². The van der Waals surface area contributed by atoms with Gasteiger partial charge in [-0.15, -0.1) is 0 Å². The van der Waals surface area contributed by atoms with Crippen LogP contribution in [0.5, 0.6) is 11.5 Å². The highest BCUT2D eigenvalue weighted by molar-refractivity contribution is 5.86. The SMILES string of the molecule is CCOC(=O)Oc1cc(-c2ccccc2C)c(OC(=O)OCC)cc1-c1ccccc1C. The van der Waals surface area contributed by atoms with Crippen LogP contribution in [0.1, 0.15) is 25.0 Å². The summed E-state index contributed by atoms with van der Waals surface area (Å²) in [5.74, 6) is 0.597. The first-order chi connectivity index (χ1) is 15.4. The van der Waals surface area contributed by atoms with Crippen molar-refractivity contribution in [3.63, 3.8) is 0 Å². The molecule has 6 heteroatoms. The molecule has 0 aromatic heterocycles. The van der Waals surface area contributed by atoms with Crippen LogP contribution < -0.4 is 9.47 Å². The number of carbonyl (C=O) groups excluding carboxylic acids is 2. The second-order valence-electron chi connectivity index (χ2n) is 7.04. The molecule has 3 aromatic rings. The molecule has 0 aliphatic heterocycles. The Labute approximate surface area is 187 Å². The average molecular weight is 434 g/mol. The monoisotopic (exact) mass is 434 g/mol. The Hall–Kier alpha value is -3.80. The Morgan fingerprint density at radius 1 is 0.625 bits per heavy atom. The third-order valence-electron chi connectivity index (χ3n) is 4.86. The predicted molar refractivity (Wildman–Crippen MR) is 122 cm³/mol. The average Bonchev–Trinajstić information content (AvgIpc) is 2.76. The first-order valence-electron chi connectivity index (χ1n) is 10.4. The van der Waals surface area contributed by atoms with Crippen molar-refractivity contribution < 1.29 is 28.5 Å². The number of hydrogen-bond acceptors (Lipinski definition) is 6. The standard InChI is InChI=1S/C26H26O6/c1-5-29-25(27)31-23-15-22(20-14-10-8-12-18(20)4)24(32-26(28)30-6-2)16-21(23)19-13-9-7-11-17(19)3/h7-16H,5-6H2,1-4H3. The lowest BCUT2D eigenvalue weighted by Gasteiger charge is -2.18. The largest absolute Gasteiger partial charge is 0.513 e. The highest BCUT2D eigenvalue weighted by Gasteiger charge is 2.21. The zero-order valence-corrected chi connectivity index (χ0v) is 18.6. The molecule has 6 nitrogen and oxygen atoms in total. The molecule has 166 valence electrons. The molecule has 32 heavy (non-hydrogen) atoms. The number of carbonyl (C=O) groups is 2. The van der Waals surface area contributed by atoms with Crippen molar-refractivity contribution in [1.29, 1.82) is 0 Å². The fourth-order valence-corrected chi connectivity index (χ4v) is 3.37. The highest BCUT2D eigenvalue weighted by atomic mass is 16.7. The van der Waals surface area contributed by atoms with E-state index in [0.29, 0.717) is 22.6 Å². The van der Waals surface area contributed by atoms with E-state index in [9.17, 15) is 9.59 Å². The minimum atomic E-state index is -0.808. The van der Waals surface area contributed by atoms with E-state index in [1.54, 1.807) is 26.0 Å². The molecule has 0 radical (unpaired) electrons. The van der Waals surface area contributed by atoms with Crippen LogP contribution in [-0.4, -0.2) is 25.5 Å². The van der Waals surface area contributed by atoms with E-state index in [0.717, 1.165) is 22.3 Å². The lowest BCUT2D eigenvalue weighted by Crippen LogP contribution is -2.13. The molecule has 0 amide bonds. The van der Waals surface area contributed by atoms with E-state index < -0.39 is 12.3 Å². The van der Waals surface area contributed by atoms with Gasteiger partial charge in [0, 0.05) is 11.1 Å². The highest BCUT2D eigenvalue weighted by Crippen LogP contribution is 2.43. The van der Waals surface area contributed by atoms with Gasteiger partial charge in [0.1, 0.15) is 11.5 Å². The first kappa shape index (κ1) is 22.9. The molecule has 0 saturated carbocycles. The predicted octanol–water partition coefficient (Wildman–Crippen LogP) is 6.71. The van der Waals surface area contributed by atoms with Gasteiger partial charge in [-0.2, -0.15) is 0 Å². The summed E-state index contributed by atoms with van der Waals surface area (Å²) < 4.78 is 21.1. The van der Waals surface area contributed by atoms with Crippen LogP contribution in [0, 0.1) is 13.8 Å². The van der Waals surface area contributed by atoms with Gasteiger partial charge in [0.15, 0.2) is 0 Å². The van der Waals surface area contributed by atoms with Crippen LogP contribution in [0.25, 0.3) is 22.3 Å². The van der Waals surface area contributed by atoms with Gasteiger partial charge in [-0.05, 0) is 62.1 Å². The normalized spacial score (nSPS) is 10.4. The molecule has 0 heterocycles. The van der Waals surface area contributed by atoms with Crippen molar-refractivity contribution in [2.75, 3.05) is 13.2 Å². The van der Waals surface area contributed by atoms with Crippen molar-refractivity contribution in [2.45, 2.75) is 27.7 Å². The maximum absolute atomic E-state index is 12.2. The van der Waals surface area contributed by atoms with E-state index in [2.05, 4.69) is 0 Å². The summed E-state index contributed by atoms with van der Waals surface area (Å²) in [7, 11) is 0. The van der Waals surface area contributed by atoms with E-state index in [1.165, 1.54) is 0 Å². The molecule has 0 fully saturated rings. The molecule has 0 aliphatic carbocycles. The number of rotatable bonds is 6. The topological polar surface area (TPSA) is 71.1 Å². The number of hydrogen-bond donors (Lipinski definition) is 0. The van der Waals surface area contributed by atoms with E-state index in [1.807, 2.05) is 62.4 Å². The molecular weight excluding hydrogens is 408 g/mol. The zero-order valence-electron chi connectivity index (χ0n) is 18.6. The van der Waals surface area contributed by atoms with Gasteiger partial charge in [0.2, 0.25) is 0 Å². The molecule has 0 N–H and O–H groups in total. The van der Waals surface area contributed by atoms with Crippen molar-refractivity contribution in [3.05, 3.63) is 71.8 Å². The third-order valence-corrected chi connectivity index (χ3v) is 4.86. The van der Waals surface area contributed by atoms with Gasteiger partial charge in [-0.3, -0.25) is 0 Å². The van der Waals surface area contributed by atoms with Crippen molar-refractivity contribution >= 4 is 12.3 Å². The van der Waals surface area contributed by atoms with E-state index >= 15 is 0 Å². The lowest BCUT2D eigenvalue weighted by molar-refractivity contribution is 0.102. The van der Waals surface area contributed by atoms with Crippen LogP contribution in [0.4, 0.5) is 9.59 Å². The second-order valence-corrected chi connectivity index (χ2v) is 7.04. The molecule has 0 unspecified atom stereocenters. The fraction of sp³-hybridized carbons (Fsp3) is 0.231. The Bertz CT molecular complexity index is 1030. The van der Waals surface area contributed by atoms with Crippen LogP contribution in [0.15, 0.2) is 60.7 Å². The molecular formula is C26H26O6. The van der Waals surface area contributed by atoms with Gasteiger partial charge in [-0.1, -0.05) is 48.5 Å². The maximum atomic E-state index is 12.2. The molecule has 3 aromatic carbocycles. The fourth-order valence-electron chi connectivity index (χ4n) is 3.37. The van der Waals surface area contributed by atoms with Crippen molar-refractivity contribution in [3.8, 4) is 33.8 Å². The van der Waals surface area contributed by atoms with Gasteiger partial charge in [0.25, 0.3) is 0 Å². The van der Waals surface area contributed by atoms with E-state index in [-0.39, 0.29) is 13.2 Å².